The van der Waals surface area contributed by atoms with E-state index in [0.29, 0.717) is 23.4 Å². The van der Waals surface area contributed by atoms with E-state index in [4.69, 9.17) is 10.5 Å². The van der Waals surface area contributed by atoms with Gasteiger partial charge in [0.15, 0.2) is 0 Å². The first-order valence-electron chi connectivity index (χ1n) is 7.78. The fraction of sp³-hybridized carbons (Fsp3) is 0.353. The topological polar surface area (TPSA) is 106 Å². The molecule has 2 aromatic rings. The van der Waals surface area contributed by atoms with Crippen LogP contribution in [0.1, 0.15) is 16.8 Å². The van der Waals surface area contributed by atoms with Crippen LogP contribution < -0.4 is 17.0 Å². The van der Waals surface area contributed by atoms with Crippen LogP contribution in [0.25, 0.3) is 5.69 Å². The predicted octanol–water partition coefficient (Wildman–Crippen LogP) is -0.391. The largest absolute Gasteiger partial charge is 0.468 e. The third kappa shape index (κ3) is 3.01. The van der Waals surface area contributed by atoms with Crippen LogP contribution in [0.2, 0.25) is 0 Å². The van der Waals surface area contributed by atoms with Gasteiger partial charge in [0.1, 0.15) is 6.04 Å². The summed E-state index contributed by atoms with van der Waals surface area (Å²) in [6, 6.07) is 6.01. The Bertz CT molecular complexity index is 927. The van der Waals surface area contributed by atoms with Gasteiger partial charge in [0.25, 0.3) is 5.56 Å². The van der Waals surface area contributed by atoms with Gasteiger partial charge in [0.2, 0.25) is 0 Å². The predicted molar refractivity (Wildman–Crippen MR) is 89.5 cm³/mol. The Hall–Kier alpha value is -2.71. The van der Waals surface area contributed by atoms with Gasteiger partial charge in [-0.15, -0.1) is 0 Å². The van der Waals surface area contributed by atoms with E-state index in [9.17, 15) is 14.4 Å². The number of benzene rings is 1. The van der Waals surface area contributed by atoms with Crippen molar-refractivity contribution in [1.82, 2.24) is 9.13 Å². The molecule has 1 aromatic heterocycles. The highest BCUT2D eigenvalue weighted by atomic mass is 16.5. The molecule has 2 heterocycles. The highest BCUT2D eigenvalue weighted by Crippen LogP contribution is 2.15. The first-order valence-corrected chi connectivity index (χ1v) is 7.78. The fourth-order valence-electron chi connectivity index (χ4n) is 2.89. The second-order valence-electron chi connectivity index (χ2n) is 5.90. The number of carbonyl (C=O) groups is 1. The molecule has 0 spiro atoms. The summed E-state index contributed by atoms with van der Waals surface area (Å²) in [6.07, 6.45) is 0.303. The lowest BCUT2D eigenvalue weighted by Crippen LogP contribution is -2.40. The number of nitrogens with zero attached hydrogens (tertiary/aromatic N) is 2. The summed E-state index contributed by atoms with van der Waals surface area (Å²) in [5.41, 5.74) is 7.33. The minimum absolute atomic E-state index is 0.203. The number of esters is 1. The Balaban J connectivity index is 1.97. The second kappa shape index (κ2) is 6.66. The van der Waals surface area contributed by atoms with E-state index in [2.05, 4.69) is 4.74 Å². The molecule has 0 radical (unpaired) electrons. The van der Waals surface area contributed by atoms with Gasteiger partial charge in [-0.25, -0.2) is 9.36 Å². The molecular weight excluding hydrogens is 326 g/mol. The van der Waals surface area contributed by atoms with Crippen LogP contribution >= 0.6 is 0 Å². The van der Waals surface area contributed by atoms with Crippen molar-refractivity contribution in [2.24, 2.45) is 12.8 Å². The van der Waals surface area contributed by atoms with E-state index in [1.54, 1.807) is 31.3 Å². The molecule has 8 heteroatoms. The molecule has 1 atom stereocenters. The monoisotopic (exact) mass is 345 g/mol. The fourth-order valence-corrected chi connectivity index (χ4v) is 2.89. The third-order valence-corrected chi connectivity index (χ3v) is 4.33. The highest BCUT2D eigenvalue weighted by Gasteiger charge is 2.22. The van der Waals surface area contributed by atoms with Crippen LogP contribution in [-0.4, -0.2) is 28.3 Å². The van der Waals surface area contributed by atoms with Gasteiger partial charge in [-0.1, -0.05) is 12.1 Å². The summed E-state index contributed by atoms with van der Waals surface area (Å²) in [4.78, 5) is 36.5. The van der Waals surface area contributed by atoms with E-state index in [-0.39, 0.29) is 18.8 Å². The van der Waals surface area contributed by atoms with Crippen molar-refractivity contribution >= 4 is 5.97 Å². The molecule has 0 bridgehead atoms. The van der Waals surface area contributed by atoms with Gasteiger partial charge < -0.3 is 15.2 Å². The average molecular weight is 345 g/mol. The summed E-state index contributed by atoms with van der Waals surface area (Å²) in [7, 11) is 2.90. The van der Waals surface area contributed by atoms with E-state index in [1.165, 1.54) is 11.7 Å². The molecular formula is C17H19N3O5. The summed E-state index contributed by atoms with van der Waals surface area (Å²) in [5.74, 6) is -0.493. The molecule has 132 valence electrons. The van der Waals surface area contributed by atoms with Crippen LogP contribution in [0.4, 0.5) is 0 Å². The van der Waals surface area contributed by atoms with Crippen LogP contribution in [0.5, 0.6) is 0 Å². The summed E-state index contributed by atoms with van der Waals surface area (Å²) < 4.78 is 12.4. The number of rotatable bonds is 4. The van der Waals surface area contributed by atoms with Gasteiger partial charge in [-0.3, -0.25) is 14.2 Å². The van der Waals surface area contributed by atoms with E-state index in [0.717, 1.165) is 10.1 Å². The van der Waals surface area contributed by atoms with Crippen molar-refractivity contribution in [3.63, 3.8) is 0 Å². The molecule has 0 saturated heterocycles. The minimum atomic E-state index is -0.761. The number of fused-ring (bicyclic) bond motifs is 1. The number of aromatic nitrogens is 2. The number of methoxy groups -OCH3 is 1. The molecule has 1 aliphatic rings. The Morgan fingerprint density at radius 1 is 1.28 bits per heavy atom. The first-order chi connectivity index (χ1) is 11.9. The van der Waals surface area contributed by atoms with Crippen molar-refractivity contribution in [3.8, 4) is 5.69 Å². The van der Waals surface area contributed by atoms with Crippen molar-refractivity contribution in [2.75, 3.05) is 7.11 Å². The van der Waals surface area contributed by atoms with E-state index in [1.807, 2.05) is 0 Å². The van der Waals surface area contributed by atoms with Gasteiger partial charge in [0, 0.05) is 7.05 Å². The summed E-state index contributed by atoms with van der Waals surface area (Å²) >= 11 is 0. The van der Waals surface area contributed by atoms with E-state index < -0.39 is 17.7 Å². The van der Waals surface area contributed by atoms with Crippen molar-refractivity contribution < 1.29 is 14.3 Å². The van der Waals surface area contributed by atoms with Crippen molar-refractivity contribution in [2.45, 2.75) is 25.7 Å². The quantitative estimate of drug-likeness (QED) is 0.757. The normalized spacial score (nSPS) is 14.2. The standard InChI is InChI=1S/C17H19N3O5/c1-19-14-9-25-8-12(14)15(21)20(17(19)23)11-5-3-10(4-6-11)7-13(18)16(22)24-2/h3-6,13H,7-9,18H2,1-2H3/t13-/m0/s1. The number of hydrogen-bond acceptors (Lipinski definition) is 6. The van der Waals surface area contributed by atoms with Gasteiger partial charge in [-0.05, 0) is 24.1 Å². The maximum atomic E-state index is 12.6. The van der Waals surface area contributed by atoms with Gasteiger partial charge in [-0.2, -0.15) is 0 Å². The summed E-state index contributed by atoms with van der Waals surface area (Å²) in [6.45, 7) is 0.468. The first kappa shape index (κ1) is 17.1. The zero-order valence-electron chi connectivity index (χ0n) is 14.0. The van der Waals surface area contributed by atoms with Crippen LogP contribution in [0.3, 0.4) is 0 Å². The lowest BCUT2D eigenvalue weighted by atomic mass is 10.1. The Morgan fingerprint density at radius 3 is 2.60 bits per heavy atom. The van der Waals surface area contributed by atoms with Crippen LogP contribution in [0.15, 0.2) is 33.9 Å². The molecule has 1 aromatic carbocycles. The SMILES string of the molecule is COC(=O)[C@@H](N)Cc1ccc(-n2c(=O)c3c(n(C)c2=O)COC3)cc1. The Morgan fingerprint density at radius 2 is 1.96 bits per heavy atom. The van der Waals surface area contributed by atoms with Gasteiger partial charge >= 0.3 is 11.7 Å². The number of carbonyl (C=O) groups excluding carboxylic acids is 1. The Labute approximate surface area is 143 Å². The lowest BCUT2D eigenvalue weighted by molar-refractivity contribution is -0.142. The zero-order valence-corrected chi connectivity index (χ0v) is 14.0. The highest BCUT2D eigenvalue weighted by molar-refractivity contribution is 5.75. The smallest absolute Gasteiger partial charge is 0.335 e. The van der Waals surface area contributed by atoms with Gasteiger partial charge in [0.05, 0.1) is 37.3 Å². The van der Waals surface area contributed by atoms with Crippen LogP contribution in [-0.2, 0) is 41.0 Å². The third-order valence-electron chi connectivity index (χ3n) is 4.33. The molecule has 8 nitrogen and oxygen atoms in total. The second-order valence-corrected chi connectivity index (χ2v) is 5.90. The maximum Gasteiger partial charge on any atom is 0.335 e. The lowest BCUT2D eigenvalue weighted by Gasteiger charge is -2.12. The molecule has 0 aliphatic carbocycles. The number of nitrogens with two attached hydrogens (primary N) is 1. The molecule has 2 N–H and O–H groups in total. The van der Waals surface area contributed by atoms with Crippen LogP contribution in [0, 0.1) is 0 Å². The molecule has 3 rings (SSSR count). The van der Waals surface area contributed by atoms with Crippen molar-refractivity contribution in [1.29, 1.82) is 0 Å². The van der Waals surface area contributed by atoms with E-state index >= 15 is 0 Å². The number of ether oxygens (including phenoxy) is 2. The zero-order chi connectivity index (χ0) is 18.1. The molecule has 0 fully saturated rings. The molecule has 0 unspecified atom stereocenters. The average Bonchev–Trinajstić information content (AvgIpc) is 3.11. The number of hydrogen-bond donors (Lipinski definition) is 1. The molecule has 1 aliphatic heterocycles. The summed E-state index contributed by atoms with van der Waals surface area (Å²) in [5, 5.41) is 0. The molecule has 0 saturated carbocycles. The molecule has 0 amide bonds. The van der Waals surface area contributed by atoms with Crippen molar-refractivity contribution in [3.05, 3.63) is 61.9 Å². The Kier molecular flexibility index (Phi) is 4.56. The minimum Gasteiger partial charge on any atom is -0.468 e. The molecule has 25 heavy (non-hydrogen) atoms. The maximum absolute atomic E-state index is 12.6.